The quantitative estimate of drug-likeness (QED) is 0.853. The highest BCUT2D eigenvalue weighted by Crippen LogP contribution is 2.24. The zero-order valence-electron chi connectivity index (χ0n) is 9.79. The molecule has 0 bridgehead atoms. The van der Waals surface area contributed by atoms with Crippen molar-refractivity contribution in [3.8, 4) is 11.3 Å². The van der Waals surface area contributed by atoms with E-state index < -0.39 is 0 Å². The summed E-state index contributed by atoms with van der Waals surface area (Å²) in [6.45, 7) is 0. The molecule has 0 aliphatic carbocycles. The minimum Gasteiger partial charge on any atom is -0.303 e. The largest absolute Gasteiger partial charge is 0.303 e. The van der Waals surface area contributed by atoms with E-state index in [0.29, 0.717) is 16.7 Å². The van der Waals surface area contributed by atoms with Gasteiger partial charge in [0.15, 0.2) is 0 Å². The Kier molecular flexibility index (Phi) is 3.47. The SMILES string of the molecule is O=C1N/C(=N/Nc2nc(-c3ccccc3)cs2)CS1. The first-order chi connectivity index (χ1) is 9.31. The topological polar surface area (TPSA) is 66.4 Å². The van der Waals surface area contributed by atoms with Gasteiger partial charge in [-0.05, 0) is 0 Å². The molecule has 0 spiro atoms. The molecule has 3 rings (SSSR count). The van der Waals surface area contributed by atoms with E-state index in [1.54, 1.807) is 0 Å². The van der Waals surface area contributed by atoms with E-state index in [1.807, 2.05) is 35.7 Å². The van der Waals surface area contributed by atoms with Crippen LogP contribution in [0.1, 0.15) is 0 Å². The van der Waals surface area contributed by atoms with Crippen molar-refractivity contribution < 1.29 is 4.79 Å². The molecule has 5 nitrogen and oxygen atoms in total. The Morgan fingerprint density at radius 2 is 2.16 bits per heavy atom. The van der Waals surface area contributed by atoms with Crippen LogP contribution in [0.5, 0.6) is 0 Å². The molecule has 7 heteroatoms. The van der Waals surface area contributed by atoms with E-state index in [-0.39, 0.29) is 5.24 Å². The maximum absolute atomic E-state index is 11.0. The molecule has 1 aliphatic heterocycles. The number of carbonyl (C=O) groups is 1. The summed E-state index contributed by atoms with van der Waals surface area (Å²) in [6.07, 6.45) is 0. The number of rotatable bonds is 3. The van der Waals surface area contributed by atoms with Crippen LogP contribution in [-0.2, 0) is 0 Å². The lowest BCUT2D eigenvalue weighted by molar-refractivity contribution is 0.265. The van der Waals surface area contributed by atoms with Crippen LogP contribution in [0.15, 0.2) is 40.8 Å². The molecule has 96 valence electrons. The van der Waals surface area contributed by atoms with Crippen LogP contribution in [-0.4, -0.2) is 21.8 Å². The number of benzene rings is 1. The summed E-state index contributed by atoms with van der Waals surface area (Å²) in [5, 5.41) is 9.38. The predicted octanol–water partition coefficient (Wildman–Crippen LogP) is 2.99. The summed E-state index contributed by atoms with van der Waals surface area (Å²) in [7, 11) is 0. The number of aromatic nitrogens is 1. The van der Waals surface area contributed by atoms with E-state index >= 15 is 0 Å². The smallest absolute Gasteiger partial charge is 0.284 e. The van der Waals surface area contributed by atoms with Gasteiger partial charge in [-0.15, -0.1) is 11.3 Å². The number of hydrogen-bond acceptors (Lipinski definition) is 6. The van der Waals surface area contributed by atoms with Crippen molar-refractivity contribution in [2.75, 3.05) is 11.2 Å². The van der Waals surface area contributed by atoms with Gasteiger partial charge in [0.05, 0.1) is 11.4 Å². The predicted molar refractivity (Wildman–Crippen MR) is 79.6 cm³/mol. The Bertz CT molecular complexity index is 624. The number of thiazole rings is 1. The van der Waals surface area contributed by atoms with Crippen LogP contribution >= 0.6 is 23.1 Å². The summed E-state index contributed by atoms with van der Waals surface area (Å²) < 4.78 is 0. The molecule has 1 amide bonds. The number of thioether (sulfide) groups is 1. The van der Waals surface area contributed by atoms with Crippen molar-refractivity contribution in [2.24, 2.45) is 5.10 Å². The third-order valence-corrected chi connectivity index (χ3v) is 3.98. The van der Waals surface area contributed by atoms with Gasteiger partial charge in [-0.1, -0.05) is 42.1 Å². The van der Waals surface area contributed by atoms with Crippen molar-refractivity contribution in [3.05, 3.63) is 35.7 Å². The third-order valence-electron chi connectivity index (χ3n) is 2.45. The van der Waals surface area contributed by atoms with Crippen LogP contribution in [0.4, 0.5) is 9.93 Å². The second kappa shape index (κ2) is 5.41. The van der Waals surface area contributed by atoms with Crippen molar-refractivity contribution in [1.82, 2.24) is 10.3 Å². The Morgan fingerprint density at radius 3 is 2.89 bits per heavy atom. The molecule has 2 aromatic rings. The second-order valence-corrected chi connectivity index (χ2v) is 5.58. The Labute approximate surface area is 118 Å². The molecule has 0 atom stereocenters. The molecule has 19 heavy (non-hydrogen) atoms. The van der Waals surface area contributed by atoms with Gasteiger partial charge < -0.3 is 5.32 Å². The van der Waals surface area contributed by atoms with Gasteiger partial charge in [-0.3, -0.25) is 10.2 Å². The zero-order valence-corrected chi connectivity index (χ0v) is 11.4. The fraction of sp³-hybridized carbons (Fsp3) is 0.0833. The standard InChI is InChI=1S/C12H10N4OS2/c17-12-14-10(7-19-12)15-16-11-13-9(6-18-11)8-4-2-1-3-5-8/h1-6H,7H2,(H,13,16)(H,14,15,17). The van der Waals surface area contributed by atoms with Gasteiger partial charge in [0.1, 0.15) is 5.84 Å². The molecule has 0 saturated carbocycles. The van der Waals surface area contributed by atoms with Gasteiger partial charge >= 0.3 is 0 Å². The molecule has 1 aliphatic rings. The van der Waals surface area contributed by atoms with Gasteiger partial charge in [0.2, 0.25) is 5.13 Å². The summed E-state index contributed by atoms with van der Waals surface area (Å²) in [5.74, 6) is 1.20. The van der Waals surface area contributed by atoms with Crippen molar-refractivity contribution in [1.29, 1.82) is 0 Å². The molecule has 1 fully saturated rings. The lowest BCUT2D eigenvalue weighted by Gasteiger charge is -1.97. The average Bonchev–Trinajstić information content (AvgIpc) is 3.06. The molecular formula is C12H10N4OS2. The second-order valence-electron chi connectivity index (χ2n) is 3.78. The zero-order chi connectivity index (χ0) is 13.1. The normalized spacial score (nSPS) is 16.6. The van der Waals surface area contributed by atoms with Crippen LogP contribution in [0, 0.1) is 0 Å². The molecule has 0 radical (unpaired) electrons. The highest BCUT2D eigenvalue weighted by atomic mass is 32.2. The lowest BCUT2D eigenvalue weighted by atomic mass is 10.2. The number of amides is 1. The maximum atomic E-state index is 11.0. The summed E-state index contributed by atoms with van der Waals surface area (Å²) in [4.78, 5) is 15.4. The highest BCUT2D eigenvalue weighted by molar-refractivity contribution is 8.14. The number of anilines is 1. The van der Waals surface area contributed by atoms with E-state index in [4.69, 9.17) is 0 Å². The molecule has 0 unspecified atom stereocenters. The van der Waals surface area contributed by atoms with Crippen LogP contribution in [0.2, 0.25) is 0 Å². The van der Waals surface area contributed by atoms with Crippen molar-refractivity contribution in [2.45, 2.75) is 0 Å². The number of hydrazone groups is 1. The van der Waals surface area contributed by atoms with E-state index in [9.17, 15) is 4.79 Å². The third kappa shape index (κ3) is 2.94. The average molecular weight is 290 g/mol. The molecule has 2 heterocycles. The van der Waals surface area contributed by atoms with Crippen molar-refractivity contribution in [3.63, 3.8) is 0 Å². The monoisotopic (exact) mass is 290 g/mol. The van der Waals surface area contributed by atoms with Crippen molar-refractivity contribution >= 4 is 39.3 Å². The molecule has 1 aromatic carbocycles. The Hall–Kier alpha value is -1.86. The van der Waals surface area contributed by atoms with Gasteiger partial charge in [0, 0.05) is 10.9 Å². The number of carbonyl (C=O) groups excluding carboxylic acids is 1. The molecule has 1 aromatic heterocycles. The Balaban J connectivity index is 1.70. The van der Waals surface area contributed by atoms with Crippen LogP contribution < -0.4 is 10.7 Å². The number of nitrogens with one attached hydrogen (secondary N) is 2. The summed E-state index contributed by atoms with van der Waals surface area (Å²) in [5.41, 5.74) is 4.85. The fourth-order valence-electron chi connectivity index (χ4n) is 1.57. The highest BCUT2D eigenvalue weighted by Gasteiger charge is 2.16. The van der Waals surface area contributed by atoms with Gasteiger partial charge in [-0.2, -0.15) is 5.10 Å². The summed E-state index contributed by atoms with van der Waals surface area (Å²) >= 11 is 2.68. The van der Waals surface area contributed by atoms with Crippen LogP contribution in [0.3, 0.4) is 0 Å². The molecular weight excluding hydrogens is 280 g/mol. The first-order valence-electron chi connectivity index (χ1n) is 5.58. The first kappa shape index (κ1) is 12.2. The Morgan fingerprint density at radius 1 is 1.32 bits per heavy atom. The van der Waals surface area contributed by atoms with E-state index in [0.717, 1.165) is 11.3 Å². The van der Waals surface area contributed by atoms with E-state index in [1.165, 1.54) is 23.1 Å². The molecule has 2 N–H and O–H groups in total. The van der Waals surface area contributed by atoms with Crippen LogP contribution in [0.25, 0.3) is 11.3 Å². The van der Waals surface area contributed by atoms with E-state index in [2.05, 4.69) is 20.8 Å². The number of nitrogens with zero attached hydrogens (tertiary/aromatic N) is 2. The number of hydrogen-bond donors (Lipinski definition) is 2. The maximum Gasteiger partial charge on any atom is 0.284 e. The van der Waals surface area contributed by atoms with Gasteiger partial charge in [0.25, 0.3) is 5.24 Å². The summed E-state index contributed by atoms with van der Waals surface area (Å²) in [6, 6.07) is 9.96. The fourth-order valence-corrected chi connectivity index (χ4v) is 2.82. The lowest BCUT2D eigenvalue weighted by Crippen LogP contribution is -2.20. The molecule has 1 saturated heterocycles. The first-order valence-corrected chi connectivity index (χ1v) is 7.45. The minimum atomic E-state index is -0.0651. The minimum absolute atomic E-state index is 0.0651. The van der Waals surface area contributed by atoms with Gasteiger partial charge in [-0.25, -0.2) is 4.98 Å². The number of amidine groups is 1.